The Morgan fingerprint density at radius 2 is 2.20 bits per heavy atom. The van der Waals surface area contributed by atoms with Gasteiger partial charge in [-0.25, -0.2) is 0 Å². The zero-order valence-corrected chi connectivity index (χ0v) is 13.7. The maximum atomic E-state index is 6.07. The molecule has 0 spiro atoms. The van der Waals surface area contributed by atoms with Crippen molar-refractivity contribution in [3.8, 4) is 5.75 Å². The zero-order valence-electron chi connectivity index (χ0n) is 11.4. The first kappa shape index (κ1) is 14.1. The average Bonchev–Trinajstić information content (AvgIpc) is 2.89. The zero-order chi connectivity index (χ0) is 14.1. The minimum absolute atomic E-state index is 0.360. The van der Waals surface area contributed by atoms with Crippen LogP contribution >= 0.6 is 34.7 Å². The van der Waals surface area contributed by atoms with Crippen LogP contribution < -0.4 is 10.1 Å². The van der Waals surface area contributed by atoms with E-state index in [1.165, 1.54) is 9.77 Å². The van der Waals surface area contributed by atoms with Crippen molar-refractivity contribution in [3.63, 3.8) is 0 Å². The lowest BCUT2D eigenvalue weighted by atomic mass is 10.0. The lowest BCUT2D eigenvalue weighted by molar-refractivity contribution is 0.415. The molecule has 1 aliphatic heterocycles. The monoisotopic (exact) mass is 325 g/mol. The van der Waals surface area contributed by atoms with Crippen molar-refractivity contribution in [3.05, 3.63) is 40.2 Å². The molecule has 1 aliphatic rings. The van der Waals surface area contributed by atoms with Crippen molar-refractivity contribution in [1.29, 1.82) is 0 Å². The van der Waals surface area contributed by atoms with Gasteiger partial charge in [0.1, 0.15) is 5.75 Å². The molecule has 0 bridgehead atoms. The third kappa shape index (κ3) is 2.78. The van der Waals surface area contributed by atoms with E-state index in [1.54, 1.807) is 7.11 Å². The summed E-state index contributed by atoms with van der Waals surface area (Å²) in [5.41, 5.74) is 2.46. The van der Waals surface area contributed by atoms with E-state index in [-0.39, 0.29) is 0 Å². The van der Waals surface area contributed by atoms with Crippen molar-refractivity contribution >= 4 is 40.4 Å². The van der Waals surface area contributed by atoms with E-state index in [0.29, 0.717) is 22.1 Å². The molecule has 0 radical (unpaired) electrons. The van der Waals surface area contributed by atoms with Crippen molar-refractivity contribution in [1.82, 2.24) is 0 Å². The molecule has 0 aliphatic carbocycles. The number of fused-ring (bicyclic) bond motifs is 1. The number of methoxy groups -OCH3 is 1. The number of hydrogen-bond donors (Lipinski definition) is 1. The predicted octanol–water partition coefficient (Wildman–Crippen LogP) is 5.45. The van der Waals surface area contributed by atoms with Crippen LogP contribution in [-0.2, 0) is 0 Å². The highest BCUT2D eigenvalue weighted by molar-refractivity contribution is 8.01. The Balaban J connectivity index is 1.85. The van der Waals surface area contributed by atoms with Gasteiger partial charge in [0.15, 0.2) is 0 Å². The largest absolute Gasteiger partial charge is 0.495 e. The molecule has 0 saturated carbocycles. The summed E-state index contributed by atoms with van der Waals surface area (Å²) in [4.78, 5) is 0. The molecule has 106 valence electrons. The molecule has 0 amide bonds. The molecule has 2 nitrogen and oxygen atoms in total. The molecule has 1 aromatic heterocycles. The minimum Gasteiger partial charge on any atom is -0.495 e. The Morgan fingerprint density at radius 1 is 1.35 bits per heavy atom. The fourth-order valence-corrected chi connectivity index (χ4v) is 5.20. The second-order valence-electron chi connectivity index (χ2n) is 4.87. The standard InChI is InChI=1S/C15H16ClNOS2/c1-9-7-13(11-5-6-19-15(11)20-9)17-10-3-4-12(16)14(8-10)18-2/h3-6,8-9,13,17H,7H2,1-2H3/t9-,13?/m0/s1. The molecule has 2 heterocycles. The van der Waals surface area contributed by atoms with Crippen molar-refractivity contribution < 1.29 is 4.74 Å². The predicted molar refractivity (Wildman–Crippen MR) is 88.6 cm³/mol. The number of rotatable bonds is 3. The molecule has 1 aromatic carbocycles. The van der Waals surface area contributed by atoms with Gasteiger partial charge in [-0.15, -0.1) is 23.1 Å². The molecule has 2 aromatic rings. The van der Waals surface area contributed by atoms with Gasteiger partial charge >= 0.3 is 0 Å². The van der Waals surface area contributed by atoms with Gasteiger partial charge in [-0.05, 0) is 35.6 Å². The first-order chi connectivity index (χ1) is 9.67. The van der Waals surface area contributed by atoms with Gasteiger partial charge in [-0.2, -0.15) is 0 Å². The third-order valence-electron chi connectivity index (χ3n) is 3.40. The summed E-state index contributed by atoms with van der Waals surface area (Å²) in [5, 5.41) is 7.06. The maximum Gasteiger partial charge on any atom is 0.139 e. The molecular weight excluding hydrogens is 310 g/mol. The van der Waals surface area contributed by atoms with Gasteiger partial charge < -0.3 is 10.1 Å². The van der Waals surface area contributed by atoms with Gasteiger partial charge in [0.2, 0.25) is 0 Å². The lowest BCUT2D eigenvalue weighted by Gasteiger charge is -2.28. The van der Waals surface area contributed by atoms with Gasteiger partial charge in [-0.1, -0.05) is 18.5 Å². The first-order valence-electron chi connectivity index (χ1n) is 6.51. The average molecular weight is 326 g/mol. The number of thiophene rings is 1. The molecule has 20 heavy (non-hydrogen) atoms. The molecule has 5 heteroatoms. The quantitative estimate of drug-likeness (QED) is 0.811. The number of thioether (sulfide) groups is 1. The molecule has 0 fully saturated rings. The number of benzene rings is 1. The Labute approximate surface area is 132 Å². The number of nitrogens with one attached hydrogen (secondary N) is 1. The van der Waals surface area contributed by atoms with Crippen LogP contribution in [0.15, 0.2) is 33.9 Å². The normalized spacial score (nSPS) is 21.4. The molecule has 3 rings (SSSR count). The highest BCUT2D eigenvalue weighted by Gasteiger charge is 2.26. The van der Waals surface area contributed by atoms with Crippen LogP contribution in [0.4, 0.5) is 5.69 Å². The van der Waals surface area contributed by atoms with E-state index >= 15 is 0 Å². The fourth-order valence-electron chi connectivity index (χ4n) is 2.44. The van der Waals surface area contributed by atoms with Gasteiger partial charge in [-0.3, -0.25) is 0 Å². The summed E-state index contributed by atoms with van der Waals surface area (Å²) < 4.78 is 6.71. The SMILES string of the molecule is COc1cc(NC2C[C@H](C)Sc3sccc32)ccc1Cl. The molecule has 1 N–H and O–H groups in total. The van der Waals surface area contributed by atoms with Crippen LogP contribution in [0.3, 0.4) is 0 Å². The molecule has 2 atom stereocenters. The lowest BCUT2D eigenvalue weighted by Crippen LogP contribution is -2.18. The minimum atomic E-state index is 0.360. The number of anilines is 1. The van der Waals surface area contributed by atoms with Gasteiger partial charge in [0.25, 0.3) is 0 Å². The molecule has 0 saturated heterocycles. The van der Waals surface area contributed by atoms with Crippen LogP contribution in [0.2, 0.25) is 5.02 Å². The second kappa shape index (κ2) is 5.88. The fraction of sp³-hybridized carbons (Fsp3) is 0.333. The van der Waals surface area contributed by atoms with Crippen LogP contribution in [-0.4, -0.2) is 12.4 Å². The topological polar surface area (TPSA) is 21.3 Å². The van der Waals surface area contributed by atoms with Crippen LogP contribution in [0.1, 0.15) is 24.9 Å². The van der Waals surface area contributed by atoms with Gasteiger partial charge in [0.05, 0.1) is 22.4 Å². The number of ether oxygens (including phenoxy) is 1. The molecular formula is C15H16ClNOS2. The Bertz CT molecular complexity index is 614. The number of halogens is 1. The summed E-state index contributed by atoms with van der Waals surface area (Å²) >= 11 is 9.88. The van der Waals surface area contributed by atoms with Gasteiger partial charge in [0, 0.05) is 17.0 Å². The van der Waals surface area contributed by atoms with Crippen molar-refractivity contribution in [2.75, 3.05) is 12.4 Å². The highest BCUT2D eigenvalue weighted by atomic mass is 35.5. The highest BCUT2D eigenvalue weighted by Crippen LogP contribution is 2.45. The Kier molecular flexibility index (Phi) is 4.15. The summed E-state index contributed by atoms with van der Waals surface area (Å²) in [6, 6.07) is 8.42. The third-order valence-corrected chi connectivity index (χ3v) is 6.06. The summed E-state index contributed by atoms with van der Waals surface area (Å²) in [6.07, 6.45) is 1.12. The van der Waals surface area contributed by atoms with E-state index in [1.807, 2.05) is 41.3 Å². The van der Waals surface area contributed by atoms with E-state index in [9.17, 15) is 0 Å². The Morgan fingerprint density at radius 3 is 3.00 bits per heavy atom. The molecule has 1 unspecified atom stereocenters. The second-order valence-corrected chi connectivity index (χ2v) is 7.90. The maximum absolute atomic E-state index is 6.07. The Hall–Kier alpha value is -0.840. The summed E-state index contributed by atoms with van der Waals surface area (Å²) in [7, 11) is 1.64. The van der Waals surface area contributed by atoms with E-state index in [0.717, 1.165) is 12.1 Å². The van der Waals surface area contributed by atoms with E-state index < -0.39 is 0 Å². The smallest absolute Gasteiger partial charge is 0.139 e. The van der Waals surface area contributed by atoms with Crippen LogP contribution in [0, 0.1) is 0 Å². The van der Waals surface area contributed by atoms with Crippen LogP contribution in [0.5, 0.6) is 5.75 Å². The summed E-state index contributed by atoms with van der Waals surface area (Å²) in [6.45, 7) is 2.28. The van der Waals surface area contributed by atoms with Crippen molar-refractivity contribution in [2.24, 2.45) is 0 Å². The van der Waals surface area contributed by atoms with E-state index in [4.69, 9.17) is 16.3 Å². The number of hydrogen-bond acceptors (Lipinski definition) is 4. The summed E-state index contributed by atoms with van der Waals surface area (Å²) in [5.74, 6) is 0.709. The van der Waals surface area contributed by atoms with Crippen molar-refractivity contribution in [2.45, 2.75) is 28.8 Å². The van der Waals surface area contributed by atoms with Crippen LogP contribution in [0.25, 0.3) is 0 Å². The first-order valence-corrected chi connectivity index (χ1v) is 8.65. The van der Waals surface area contributed by atoms with E-state index in [2.05, 4.69) is 23.7 Å².